The highest BCUT2D eigenvalue weighted by atomic mass is 32.2. The van der Waals surface area contributed by atoms with E-state index in [1.807, 2.05) is 0 Å². The van der Waals surface area contributed by atoms with Crippen LogP contribution in [0.15, 0.2) is 29.2 Å². The Balaban J connectivity index is 1.85. The summed E-state index contributed by atoms with van der Waals surface area (Å²) in [6.07, 6.45) is 1.02. The Morgan fingerprint density at radius 1 is 1.14 bits per heavy atom. The summed E-state index contributed by atoms with van der Waals surface area (Å²) in [5.74, 6) is 0.847. The van der Waals surface area contributed by atoms with Crippen molar-refractivity contribution in [3.63, 3.8) is 0 Å². The van der Waals surface area contributed by atoms with Crippen molar-refractivity contribution >= 4 is 23.5 Å². The first-order valence-electron chi connectivity index (χ1n) is 7.39. The highest BCUT2D eigenvalue weighted by Gasteiger charge is 2.20. The molecule has 1 heterocycles. The van der Waals surface area contributed by atoms with Crippen molar-refractivity contribution in [2.45, 2.75) is 43.9 Å². The smallest absolute Gasteiger partial charge is 0.232 e. The number of hydrogen-bond donors (Lipinski definition) is 0. The predicted molar refractivity (Wildman–Crippen MR) is 86.7 cm³/mol. The van der Waals surface area contributed by atoms with E-state index in [1.165, 1.54) is 5.56 Å². The maximum atomic E-state index is 12.1. The highest BCUT2D eigenvalue weighted by molar-refractivity contribution is 8.00. The topological polar surface area (TPSA) is 37.4 Å². The minimum atomic E-state index is 0.132. The van der Waals surface area contributed by atoms with Gasteiger partial charge < -0.3 is 4.90 Å². The van der Waals surface area contributed by atoms with Gasteiger partial charge in [-0.05, 0) is 23.1 Å². The number of carbonyl (C=O) groups excluding carboxylic acids is 2. The summed E-state index contributed by atoms with van der Waals surface area (Å²) >= 11 is 1.57. The van der Waals surface area contributed by atoms with E-state index in [4.69, 9.17) is 0 Å². The summed E-state index contributed by atoms with van der Waals surface area (Å²) in [5.41, 5.74) is 1.45. The van der Waals surface area contributed by atoms with Gasteiger partial charge >= 0.3 is 0 Å². The molecular formula is C17H23NO2S. The summed E-state index contributed by atoms with van der Waals surface area (Å²) in [6.45, 7) is 7.74. The van der Waals surface area contributed by atoms with E-state index in [2.05, 4.69) is 45.0 Å². The minimum absolute atomic E-state index is 0.132. The number of ketones is 1. The number of nitrogens with zero attached hydrogens (tertiary/aromatic N) is 1. The zero-order valence-electron chi connectivity index (χ0n) is 13.0. The van der Waals surface area contributed by atoms with Crippen LogP contribution >= 0.6 is 11.8 Å². The second kappa shape index (κ2) is 6.65. The second-order valence-electron chi connectivity index (χ2n) is 6.48. The Morgan fingerprint density at radius 3 is 2.24 bits per heavy atom. The molecule has 0 atom stereocenters. The van der Waals surface area contributed by atoms with Crippen LogP contribution in [-0.4, -0.2) is 35.4 Å². The van der Waals surface area contributed by atoms with Gasteiger partial charge in [0.15, 0.2) is 0 Å². The number of benzene rings is 1. The first-order chi connectivity index (χ1) is 9.86. The number of hydrogen-bond acceptors (Lipinski definition) is 3. The largest absolute Gasteiger partial charge is 0.341 e. The number of amides is 1. The van der Waals surface area contributed by atoms with Crippen LogP contribution < -0.4 is 0 Å². The van der Waals surface area contributed by atoms with Gasteiger partial charge in [-0.2, -0.15) is 0 Å². The normalized spacial score (nSPS) is 16.1. The lowest BCUT2D eigenvalue weighted by Gasteiger charge is -2.26. The van der Waals surface area contributed by atoms with Crippen LogP contribution in [0, 0.1) is 0 Å². The SMILES string of the molecule is CC(C)(C)c1ccc(SCC(=O)N2CCC(=O)CC2)cc1. The van der Waals surface area contributed by atoms with Gasteiger partial charge in [0.1, 0.15) is 5.78 Å². The molecule has 1 saturated heterocycles. The standard InChI is InChI=1S/C17H23NO2S/c1-17(2,3)13-4-6-15(7-5-13)21-12-16(20)18-10-8-14(19)9-11-18/h4-7H,8-12H2,1-3H3. The third-order valence-electron chi connectivity index (χ3n) is 3.76. The Morgan fingerprint density at radius 2 is 1.71 bits per heavy atom. The van der Waals surface area contributed by atoms with Crippen LogP contribution in [0.2, 0.25) is 0 Å². The zero-order chi connectivity index (χ0) is 15.5. The molecule has 1 aliphatic rings. The fraction of sp³-hybridized carbons (Fsp3) is 0.529. The molecule has 0 aromatic heterocycles. The lowest BCUT2D eigenvalue weighted by atomic mass is 9.87. The third kappa shape index (κ3) is 4.60. The molecule has 1 aliphatic heterocycles. The summed E-state index contributed by atoms with van der Waals surface area (Å²) in [6, 6.07) is 8.43. The van der Waals surface area contributed by atoms with E-state index >= 15 is 0 Å². The monoisotopic (exact) mass is 305 g/mol. The third-order valence-corrected chi connectivity index (χ3v) is 4.75. The summed E-state index contributed by atoms with van der Waals surface area (Å²) in [7, 11) is 0. The zero-order valence-corrected chi connectivity index (χ0v) is 13.8. The van der Waals surface area contributed by atoms with Crippen molar-refractivity contribution in [2.75, 3.05) is 18.8 Å². The fourth-order valence-corrected chi connectivity index (χ4v) is 3.09. The lowest BCUT2D eigenvalue weighted by Crippen LogP contribution is -2.39. The van der Waals surface area contributed by atoms with Gasteiger partial charge in [0.2, 0.25) is 5.91 Å². The Labute approximate surface area is 131 Å². The highest BCUT2D eigenvalue weighted by Crippen LogP contribution is 2.25. The van der Waals surface area contributed by atoms with Gasteiger partial charge in [0, 0.05) is 30.8 Å². The van der Waals surface area contributed by atoms with Crippen molar-refractivity contribution < 1.29 is 9.59 Å². The molecule has 0 spiro atoms. The minimum Gasteiger partial charge on any atom is -0.341 e. The quantitative estimate of drug-likeness (QED) is 0.804. The van der Waals surface area contributed by atoms with E-state index in [0.717, 1.165) is 4.90 Å². The molecule has 0 radical (unpaired) electrons. The van der Waals surface area contributed by atoms with E-state index < -0.39 is 0 Å². The maximum absolute atomic E-state index is 12.1. The van der Waals surface area contributed by atoms with Crippen LogP contribution in [0.1, 0.15) is 39.2 Å². The Kier molecular flexibility index (Phi) is 5.09. The van der Waals surface area contributed by atoms with Crippen LogP contribution in [-0.2, 0) is 15.0 Å². The Bertz CT molecular complexity index is 507. The molecule has 1 aromatic carbocycles. The molecule has 3 nitrogen and oxygen atoms in total. The fourth-order valence-electron chi connectivity index (χ4n) is 2.29. The average Bonchev–Trinajstić information content (AvgIpc) is 2.45. The molecule has 0 saturated carbocycles. The van der Waals surface area contributed by atoms with Crippen LogP contribution in [0.3, 0.4) is 0 Å². The Hall–Kier alpha value is -1.29. The van der Waals surface area contributed by atoms with Crippen molar-refractivity contribution in [3.05, 3.63) is 29.8 Å². The van der Waals surface area contributed by atoms with Crippen molar-refractivity contribution in [1.29, 1.82) is 0 Å². The molecule has 0 unspecified atom stereocenters. The van der Waals surface area contributed by atoms with Gasteiger partial charge in [-0.25, -0.2) is 0 Å². The molecule has 0 bridgehead atoms. The molecule has 0 N–H and O–H groups in total. The summed E-state index contributed by atoms with van der Waals surface area (Å²) in [4.78, 5) is 26.2. The molecule has 1 aromatic rings. The van der Waals surface area contributed by atoms with E-state index in [1.54, 1.807) is 16.7 Å². The average molecular weight is 305 g/mol. The van der Waals surface area contributed by atoms with Gasteiger partial charge in [-0.15, -0.1) is 11.8 Å². The number of thioether (sulfide) groups is 1. The van der Waals surface area contributed by atoms with Crippen molar-refractivity contribution in [1.82, 2.24) is 4.90 Å². The van der Waals surface area contributed by atoms with Crippen LogP contribution in [0.4, 0.5) is 0 Å². The van der Waals surface area contributed by atoms with E-state index in [9.17, 15) is 9.59 Å². The predicted octanol–water partition coefficient (Wildman–Crippen LogP) is 3.27. The van der Waals surface area contributed by atoms with Crippen LogP contribution in [0.5, 0.6) is 0 Å². The molecule has 1 fully saturated rings. The maximum Gasteiger partial charge on any atom is 0.232 e. The molecule has 114 valence electrons. The molecule has 21 heavy (non-hydrogen) atoms. The number of rotatable bonds is 3. The number of likely N-dealkylation sites (tertiary alicyclic amines) is 1. The molecule has 2 rings (SSSR count). The van der Waals surface area contributed by atoms with Crippen molar-refractivity contribution in [3.8, 4) is 0 Å². The number of carbonyl (C=O) groups is 2. The van der Waals surface area contributed by atoms with E-state index in [-0.39, 0.29) is 17.1 Å². The molecular weight excluding hydrogens is 282 g/mol. The van der Waals surface area contributed by atoms with Crippen LogP contribution in [0.25, 0.3) is 0 Å². The first-order valence-corrected chi connectivity index (χ1v) is 8.37. The number of piperidine rings is 1. The molecule has 1 amide bonds. The van der Waals surface area contributed by atoms with Crippen molar-refractivity contribution in [2.24, 2.45) is 0 Å². The van der Waals surface area contributed by atoms with Gasteiger partial charge in [0.05, 0.1) is 5.75 Å². The first kappa shape index (κ1) is 16.1. The van der Waals surface area contributed by atoms with Gasteiger partial charge in [-0.1, -0.05) is 32.9 Å². The van der Waals surface area contributed by atoms with Gasteiger partial charge in [-0.3, -0.25) is 9.59 Å². The molecule has 4 heteroatoms. The summed E-state index contributed by atoms with van der Waals surface area (Å²) in [5, 5.41) is 0. The van der Waals surface area contributed by atoms with E-state index in [0.29, 0.717) is 31.7 Å². The summed E-state index contributed by atoms with van der Waals surface area (Å²) < 4.78 is 0. The lowest BCUT2D eigenvalue weighted by molar-refractivity contribution is -0.132. The second-order valence-corrected chi connectivity index (χ2v) is 7.53. The van der Waals surface area contributed by atoms with Gasteiger partial charge in [0.25, 0.3) is 0 Å². The number of Topliss-reactive ketones (excluding diaryl/α,β-unsaturated/α-hetero) is 1. The molecule has 0 aliphatic carbocycles.